The van der Waals surface area contributed by atoms with Gasteiger partial charge in [-0.3, -0.25) is 0 Å². The topological polar surface area (TPSA) is 57.2 Å². The van der Waals surface area contributed by atoms with Crippen LogP contribution in [0.3, 0.4) is 0 Å². The summed E-state index contributed by atoms with van der Waals surface area (Å²) in [6.07, 6.45) is 5.31. The molecule has 0 amide bonds. The van der Waals surface area contributed by atoms with Crippen molar-refractivity contribution in [2.45, 2.75) is 115 Å². The van der Waals surface area contributed by atoms with Gasteiger partial charge in [0.2, 0.25) is 0 Å². The van der Waals surface area contributed by atoms with Crippen molar-refractivity contribution in [3.8, 4) is 0 Å². The lowest BCUT2D eigenvalue weighted by molar-refractivity contribution is -0.204. The fourth-order valence-corrected chi connectivity index (χ4v) is 9.32. The van der Waals surface area contributed by atoms with Crippen molar-refractivity contribution in [2.75, 3.05) is 6.61 Å². The third kappa shape index (κ3) is 10.9. The van der Waals surface area contributed by atoms with Crippen LogP contribution >= 0.6 is 0 Å². The summed E-state index contributed by atoms with van der Waals surface area (Å²) in [7, 11) is -3.71. The normalized spacial score (nSPS) is 25.1. The van der Waals surface area contributed by atoms with Crippen LogP contribution in [0, 0.1) is 5.92 Å². The van der Waals surface area contributed by atoms with Crippen molar-refractivity contribution in [3.63, 3.8) is 0 Å². The minimum atomic E-state index is -1.95. The third-order valence-electron chi connectivity index (χ3n) is 7.83. The van der Waals surface area contributed by atoms with Gasteiger partial charge in [-0.1, -0.05) is 95.0 Å². The van der Waals surface area contributed by atoms with Crippen LogP contribution in [0.2, 0.25) is 37.8 Å². The van der Waals surface area contributed by atoms with Crippen molar-refractivity contribution >= 4 is 16.6 Å². The molecule has 220 valence electrons. The summed E-state index contributed by atoms with van der Waals surface area (Å²) >= 11 is 0. The second-order valence-corrected chi connectivity index (χ2v) is 21.1. The highest BCUT2D eigenvalue weighted by Gasteiger charge is 2.47. The highest BCUT2D eigenvalue weighted by Crippen LogP contribution is 2.36. The minimum Gasteiger partial charge on any atom is -0.411 e. The number of benzene rings is 1. The fourth-order valence-electron chi connectivity index (χ4n) is 5.31. The predicted molar refractivity (Wildman–Crippen MR) is 168 cm³/mol. The number of allylic oxidation sites excluding steroid dienone is 2. The molecule has 1 aromatic carbocycles. The van der Waals surface area contributed by atoms with Gasteiger partial charge in [0.05, 0.1) is 37.6 Å². The van der Waals surface area contributed by atoms with E-state index in [4.69, 9.17) is 18.3 Å². The van der Waals surface area contributed by atoms with E-state index in [1.807, 2.05) is 30.4 Å². The van der Waals surface area contributed by atoms with Crippen LogP contribution in [0.25, 0.3) is 0 Å². The van der Waals surface area contributed by atoms with E-state index in [1.54, 1.807) is 6.08 Å². The molecule has 1 fully saturated rings. The summed E-state index contributed by atoms with van der Waals surface area (Å²) < 4.78 is 26.0. The maximum absolute atomic E-state index is 11.6. The monoisotopic (exact) mass is 574 g/mol. The first kappa shape index (κ1) is 33.9. The quantitative estimate of drug-likeness (QED) is 0.118. The summed E-state index contributed by atoms with van der Waals surface area (Å²) in [5.74, 6) is 0.00955. The van der Waals surface area contributed by atoms with E-state index in [1.165, 1.54) is 0 Å². The Morgan fingerprint density at radius 3 is 2.28 bits per heavy atom. The van der Waals surface area contributed by atoms with Gasteiger partial charge in [0.1, 0.15) is 6.10 Å². The first-order valence-corrected chi connectivity index (χ1v) is 20.7. The molecule has 39 heavy (non-hydrogen) atoms. The maximum atomic E-state index is 11.6. The number of aliphatic hydroxyl groups excluding tert-OH is 1. The molecule has 5 nitrogen and oxygen atoms in total. The van der Waals surface area contributed by atoms with Gasteiger partial charge < -0.3 is 23.4 Å². The summed E-state index contributed by atoms with van der Waals surface area (Å²) in [4.78, 5) is 0. The summed E-state index contributed by atoms with van der Waals surface area (Å²) in [6, 6.07) is 13.3. The van der Waals surface area contributed by atoms with Crippen molar-refractivity contribution in [1.29, 1.82) is 0 Å². The summed E-state index contributed by atoms with van der Waals surface area (Å²) in [6.45, 7) is 24.5. The molecule has 6 atom stereocenters. The van der Waals surface area contributed by atoms with Gasteiger partial charge in [-0.05, 0) is 56.2 Å². The zero-order chi connectivity index (χ0) is 29.1. The van der Waals surface area contributed by atoms with Crippen LogP contribution in [0.1, 0.15) is 46.1 Å². The van der Waals surface area contributed by atoms with E-state index in [-0.39, 0.29) is 24.2 Å². The lowest BCUT2D eigenvalue weighted by Gasteiger charge is -2.47. The summed E-state index contributed by atoms with van der Waals surface area (Å²) in [5.41, 5.74) is 2.13. The van der Waals surface area contributed by atoms with Gasteiger partial charge >= 0.3 is 0 Å². The van der Waals surface area contributed by atoms with Gasteiger partial charge in [-0.2, -0.15) is 0 Å². The molecule has 0 spiro atoms. The highest BCUT2D eigenvalue weighted by molar-refractivity contribution is 6.73. The molecule has 0 unspecified atom stereocenters. The van der Waals surface area contributed by atoms with Gasteiger partial charge in [-0.15, -0.1) is 0 Å². The molecule has 1 saturated heterocycles. The Morgan fingerprint density at radius 1 is 1.08 bits per heavy atom. The SMILES string of the molecule is C=C/C=C/[C@H](CC(=C)C[C@@H]1O[C@@H](COCc2ccccc2)[C@H](C)[C@@H](O[Si](CC)(CC)CC)[C@@H]1O)O[Si](C)(C)C. The predicted octanol–water partition coefficient (Wildman–Crippen LogP) is 7.66. The Bertz CT molecular complexity index is 885. The van der Waals surface area contributed by atoms with Crippen LogP contribution in [-0.4, -0.2) is 58.9 Å². The van der Waals surface area contributed by atoms with Crippen molar-refractivity contribution < 1.29 is 23.4 Å². The second kappa shape index (κ2) is 16.2. The lowest BCUT2D eigenvalue weighted by Crippen LogP contribution is -2.59. The molecular formula is C32H54O5Si2. The van der Waals surface area contributed by atoms with E-state index < -0.39 is 28.8 Å². The molecular weight excluding hydrogens is 521 g/mol. The van der Waals surface area contributed by atoms with E-state index in [9.17, 15) is 5.11 Å². The van der Waals surface area contributed by atoms with Crippen LogP contribution < -0.4 is 0 Å². The molecule has 0 saturated carbocycles. The smallest absolute Gasteiger partial charge is 0.192 e. The zero-order valence-electron chi connectivity index (χ0n) is 25.5. The van der Waals surface area contributed by atoms with Crippen LogP contribution in [0.4, 0.5) is 0 Å². The Labute approximate surface area is 240 Å². The second-order valence-electron chi connectivity index (χ2n) is 11.9. The van der Waals surface area contributed by atoms with Crippen molar-refractivity contribution in [3.05, 3.63) is 72.9 Å². The largest absolute Gasteiger partial charge is 0.411 e. The van der Waals surface area contributed by atoms with Gasteiger partial charge in [-0.25, -0.2) is 0 Å². The first-order chi connectivity index (χ1) is 18.5. The summed E-state index contributed by atoms with van der Waals surface area (Å²) in [5, 5.41) is 11.6. The van der Waals surface area contributed by atoms with Gasteiger partial charge in [0.15, 0.2) is 16.6 Å². The fraction of sp³-hybridized carbons (Fsp3) is 0.625. The molecule has 1 N–H and O–H groups in total. The number of hydrogen-bond donors (Lipinski definition) is 1. The Hall–Kier alpha value is -1.33. The zero-order valence-corrected chi connectivity index (χ0v) is 27.5. The molecule has 1 heterocycles. The maximum Gasteiger partial charge on any atom is 0.192 e. The van der Waals surface area contributed by atoms with E-state index >= 15 is 0 Å². The molecule has 0 radical (unpaired) electrons. The average molecular weight is 575 g/mol. The molecule has 1 aromatic rings. The first-order valence-electron chi connectivity index (χ1n) is 14.7. The molecule has 7 heteroatoms. The van der Waals surface area contributed by atoms with Crippen LogP contribution in [0.15, 0.2) is 67.3 Å². The number of rotatable bonds is 17. The molecule has 1 aliphatic rings. The highest BCUT2D eigenvalue weighted by atomic mass is 28.4. The number of hydrogen-bond acceptors (Lipinski definition) is 5. The molecule has 1 aliphatic heterocycles. The van der Waals surface area contributed by atoms with E-state index in [2.05, 4.69) is 72.6 Å². The molecule has 0 bridgehead atoms. The Kier molecular flexibility index (Phi) is 14.1. The molecule has 0 aliphatic carbocycles. The van der Waals surface area contributed by atoms with E-state index in [0.717, 1.165) is 29.3 Å². The molecule has 0 aromatic heterocycles. The Balaban J connectivity index is 2.20. The van der Waals surface area contributed by atoms with Crippen molar-refractivity contribution in [2.24, 2.45) is 5.92 Å². The van der Waals surface area contributed by atoms with E-state index in [0.29, 0.717) is 26.1 Å². The standard InChI is InChI=1S/C32H54O5Si2/c1-10-14-20-28(36-38(7,8)9)21-25(5)22-29-31(33)32(37-39(11-2,12-3)13-4)26(6)30(35-29)24-34-23-27-18-16-15-17-19-27/h10,14-20,26,28-33H,1,5,11-13,21-24H2,2-4,6-9H3/b20-14+/t26-,28+,29-,30-,31+,32+/m0/s1. The lowest BCUT2D eigenvalue weighted by atomic mass is 9.86. The number of ether oxygens (including phenoxy) is 2. The molecule has 2 rings (SSSR count). The van der Waals surface area contributed by atoms with Crippen LogP contribution in [-0.2, 0) is 24.9 Å². The van der Waals surface area contributed by atoms with Gasteiger partial charge in [0, 0.05) is 5.92 Å². The third-order valence-corrected chi connectivity index (χ3v) is 13.5. The number of aliphatic hydroxyl groups is 1. The minimum absolute atomic E-state index is 0.00955. The average Bonchev–Trinajstić information content (AvgIpc) is 2.90. The van der Waals surface area contributed by atoms with Crippen LogP contribution in [0.5, 0.6) is 0 Å². The van der Waals surface area contributed by atoms with Crippen molar-refractivity contribution in [1.82, 2.24) is 0 Å². The van der Waals surface area contributed by atoms with Gasteiger partial charge in [0.25, 0.3) is 0 Å². The Morgan fingerprint density at radius 2 is 1.72 bits per heavy atom.